The second-order valence-electron chi connectivity index (χ2n) is 8.69. The topological polar surface area (TPSA) is 76.5 Å². The van der Waals surface area contributed by atoms with Crippen LogP contribution in [-0.4, -0.2) is 59.3 Å². The van der Waals surface area contributed by atoms with Gasteiger partial charge in [-0.25, -0.2) is 0 Å². The molecular weight excluding hydrogens is 380 g/mol. The molecule has 7 nitrogen and oxygen atoms in total. The molecule has 0 saturated carbocycles. The molecule has 2 aromatic rings. The fourth-order valence-electron chi connectivity index (χ4n) is 4.23. The molecule has 2 aliphatic rings. The third kappa shape index (κ3) is 4.12. The van der Waals surface area contributed by atoms with Crippen LogP contribution in [0, 0.1) is 5.92 Å². The average Bonchev–Trinajstić information content (AvgIpc) is 3.21. The number of ether oxygens (including phenoxy) is 1. The molecule has 1 aromatic carbocycles. The molecule has 4 rings (SSSR count). The van der Waals surface area contributed by atoms with Crippen molar-refractivity contribution in [3.8, 4) is 0 Å². The minimum Gasteiger partial charge on any atom is -0.378 e. The number of amides is 2. The first kappa shape index (κ1) is 20.6. The van der Waals surface area contributed by atoms with Crippen LogP contribution in [0.1, 0.15) is 41.9 Å². The number of hydrogen-bond acceptors (Lipinski definition) is 4. The molecule has 0 radical (unpaired) electrons. The van der Waals surface area contributed by atoms with Crippen LogP contribution in [0.2, 0.25) is 0 Å². The monoisotopic (exact) mass is 410 g/mol. The van der Waals surface area contributed by atoms with Crippen LogP contribution in [-0.2, 0) is 27.9 Å². The third-order valence-corrected chi connectivity index (χ3v) is 6.32. The highest BCUT2D eigenvalue weighted by molar-refractivity contribution is 5.95. The number of carbonyl (C=O) groups excluding carboxylic acids is 2. The number of hydrogen-bond donors (Lipinski definition) is 1. The average molecular weight is 411 g/mol. The molecule has 7 heteroatoms. The summed E-state index contributed by atoms with van der Waals surface area (Å²) in [5.74, 6) is 0.354. The molecule has 2 amide bonds. The number of carbonyl (C=O) groups is 2. The molecular formula is C23H30N4O3. The summed E-state index contributed by atoms with van der Waals surface area (Å²) >= 11 is 0. The maximum absolute atomic E-state index is 12.9. The summed E-state index contributed by atoms with van der Waals surface area (Å²) in [6.07, 6.45) is 3.38. The second-order valence-corrected chi connectivity index (χ2v) is 8.69. The normalized spacial score (nSPS) is 19.3. The Balaban J connectivity index is 1.39. The summed E-state index contributed by atoms with van der Waals surface area (Å²) in [7, 11) is 0. The molecule has 160 valence electrons. The van der Waals surface area contributed by atoms with Crippen LogP contribution < -0.4 is 5.32 Å². The van der Waals surface area contributed by atoms with Crippen molar-refractivity contribution < 1.29 is 14.3 Å². The molecule has 0 bridgehead atoms. The minimum atomic E-state index is -0.588. The summed E-state index contributed by atoms with van der Waals surface area (Å²) in [5.41, 5.74) is 2.09. The number of aryl methyl sites for hydroxylation is 1. The van der Waals surface area contributed by atoms with Crippen molar-refractivity contribution in [3.05, 3.63) is 53.3 Å². The number of rotatable bonds is 5. The number of aromatic nitrogens is 2. The first-order valence-corrected chi connectivity index (χ1v) is 10.7. The van der Waals surface area contributed by atoms with E-state index in [0.29, 0.717) is 44.3 Å². The zero-order valence-corrected chi connectivity index (χ0v) is 17.8. The second kappa shape index (κ2) is 8.60. The van der Waals surface area contributed by atoms with Crippen LogP contribution in [0.5, 0.6) is 0 Å². The van der Waals surface area contributed by atoms with Gasteiger partial charge >= 0.3 is 0 Å². The summed E-state index contributed by atoms with van der Waals surface area (Å²) in [6, 6.07) is 9.85. The van der Waals surface area contributed by atoms with Crippen molar-refractivity contribution in [3.63, 3.8) is 0 Å². The molecule has 3 heterocycles. The maximum atomic E-state index is 12.9. The molecule has 30 heavy (non-hydrogen) atoms. The van der Waals surface area contributed by atoms with Crippen molar-refractivity contribution in [1.82, 2.24) is 20.0 Å². The van der Waals surface area contributed by atoms with Crippen LogP contribution in [0.25, 0.3) is 0 Å². The number of morpholine rings is 1. The number of nitrogens with zero attached hydrogens (tertiary/aromatic N) is 3. The molecule has 1 saturated heterocycles. The summed E-state index contributed by atoms with van der Waals surface area (Å²) in [5, 5.41) is 7.58. The van der Waals surface area contributed by atoms with Crippen molar-refractivity contribution in [1.29, 1.82) is 0 Å². The van der Waals surface area contributed by atoms with Gasteiger partial charge < -0.3 is 15.0 Å². The predicted molar refractivity (Wildman–Crippen MR) is 113 cm³/mol. The highest BCUT2D eigenvalue weighted by Crippen LogP contribution is 2.26. The van der Waals surface area contributed by atoms with Gasteiger partial charge in [0.2, 0.25) is 5.91 Å². The smallest absolute Gasteiger partial charge is 0.257 e. The fraction of sp³-hybridized carbons (Fsp3) is 0.522. The highest BCUT2D eigenvalue weighted by Gasteiger charge is 2.32. The van der Waals surface area contributed by atoms with Gasteiger partial charge in [-0.05, 0) is 38.2 Å². The Hall–Kier alpha value is -2.67. The SMILES string of the molecule is CC(C)(C(=O)NCC1CCn2ncc(C(=O)N3CCOCC3)c2C1)c1ccccc1. The number of fused-ring (bicyclic) bond motifs is 1. The lowest BCUT2D eigenvalue weighted by Gasteiger charge is -2.29. The van der Waals surface area contributed by atoms with E-state index >= 15 is 0 Å². The third-order valence-electron chi connectivity index (χ3n) is 6.32. The molecule has 1 atom stereocenters. The summed E-state index contributed by atoms with van der Waals surface area (Å²) in [4.78, 5) is 27.7. The number of benzene rings is 1. The molecule has 1 fully saturated rings. The number of nitrogens with one attached hydrogen (secondary N) is 1. The van der Waals surface area contributed by atoms with Crippen LogP contribution in [0.4, 0.5) is 0 Å². The largest absolute Gasteiger partial charge is 0.378 e. The fourth-order valence-corrected chi connectivity index (χ4v) is 4.23. The van der Waals surface area contributed by atoms with Gasteiger partial charge in [0.25, 0.3) is 5.91 Å². The van der Waals surface area contributed by atoms with E-state index < -0.39 is 5.41 Å². The summed E-state index contributed by atoms with van der Waals surface area (Å²) in [6.45, 7) is 7.69. The zero-order chi connectivity index (χ0) is 21.1. The van der Waals surface area contributed by atoms with Gasteiger partial charge in [0, 0.05) is 26.2 Å². The lowest BCUT2D eigenvalue weighted by atomic mass is 9.83. The highest BCUT2D eigenvalue weighted by atomic mass is 16.5. The van der Waals surface area contributed by atoms with E-state index in [9.17, 15) is 9.59 Å². The maximum Gasteiger partial charge on any atom is 0.257 e. The Morgan fingerprint density at radius 2 is 1.90 bits per heavy atom. The van der Waals surface area contributed by atoms with E-state index in [0.717, 1.165) is 30.6 Å². The Bertz CT molecular complexity index is 900. The van der Waals surface area contributed by atoms with E-state index in [1.807, 2.05) is 53.8 Å². The minimum absolute atomic E-state index is 0.0254. The van der Waals surface area contributed by atoms with E-state index in [2.05, 4.69) is 10.4 Å². The molecule has 0 spiro atoms. The molecule has 1 aromatic heterocycles. The Morgan fingerprint density at radius 1 is 1.17 bits per heavy atom. The van der Waals surface area contributed by atoms with Gasteiger partial charge in [0.15, 0.2) is 0 Å². The van der Waals surface area contributed by atoms with Gasteiger partial charge in [0.05, 0.1) is 36.1 Å². The molecule has 1 unspecified atom stereocenters. The van der Waals surface area contributed by atoms with Crippen LogP contribution in [0.3, 0.4) is 0 Å². The lowest BCUT2D eigenvalue weighted by molar-refractivity contribution is -0.125. The van der Waals surface area contributed by atoms with Gasteiger partial charge in [0.1, 0.15) is 0 Å². The first-order valence-electron chi connectivity index (χ1n) is 10.7. The van der Waals surface area contributed by atoms with Gasteiger partial charge in [-0.3, -0.25) is 14.3 Å². The first-order chi connectivity index (χ1) is 14.5. The quantitative estimate of drug-likeness (QED) is 0.818. The van der Waals surface area contributed by atoms with Crippen LogP contribution in [0.15, 0.2) is 36.5 Å². The van der Waals surface area contributed by atoms with Crippen molar-refractivity contribution in [2.45, 2.75) is 38.6 Å². The van der Waals surface area contributed by atoms with Crippen LogP contribution >= 0.6 is 0 Å². The summed E-state index contributed by atoms with van der Waals surface area (Å²) < 4.78 is 7.30. The van der Waals surface area contributed by atoms with E-state index in [-0.39, 0.29) is 11.8 Å². The van der Waals surface area contributed by atoms with E-state index in [1.54, 1.807) is 6.20 Å². The van der Waals surface area contributed by atoms with E-state index in [1.165, 1.54) is 0 Å². The lowest BCUT2D eigenvalue weighted by Crippen LogP contribution is -2.43. The van der Waals surface area contributed by atoms with Crippen molar-refractivity contribution in [2.75, 3.05) is 32.8 Å². The van der Waals surface area contributed by atoms with Gasteiger partial charge in [-0.15, -0.1) is 0 Å². The molecule has 2 aliphatic heterocycles. The predicted octanol–water partition coefficient (Wildman–Crippen LogP) is 2.01. The molecule has 0 aliphatic carbocycles. The Labute approximate surface area is 177 Å². The molecule has 1 N–H and O–H groups in total. The van der Waals surface area contributed by atoms with Gasteiger partial charge in [-0.2, -0.15) is 5.10 Å². The van der Waals surface area contributed by atoms with Crippen molar-refractivity contribution in [2.24, 2.45) is 5.92 Å². The van der Waals surface area contributed by atoms with E-state index in [4.69, 9.17) is 4.74 Å². The zero-order valence-electron chi connectivity index (χ0n) is 17.8. The standard InChI is InChI=1S/C23H30N4O3/c1-23(2,18-6-4-3-5-7-18)22(29)24-15-17-8-9-27-20(14-17)19(16-25-27)21(28)26-10-12-30-13-11-26/h3-7,16-17H,8-15H2,1-2H3,(H,24,29). The van der Waals surface area contributed by atoms with Gasteiger partial charge in [-0.1, -0.05) is 30.3 Å². The van der Waals surface area contributed by atoms with Crippen molar-refractivity contribution >= 4 is 11.8 Å². The Kier molecular flexibility index (Phi) is 5.90. The Morgan fingerprint density at radius 3 is 2.63 bits per heavy atom.